The van der Waals surface area contributed by atoms with Gasteiger partial charge >= 0.3 is 0 Å². The Balaban J connectivity index is 2.18. The standard InChI is InChI=1S/C16H25BrN2O/c1-4-7-18-11-15-16(19(3)8-9-20-15)13-6-5-12(2)10-14(13)17/h5-6,10,15-16,18H,4,7-9,11H2,1-3H3. The second kappa shape index (κ2) is 7.55. The van der Waals surface area contributed by atoms with E-state index in [1.54, 1.807) is 0 Å². The summed E-state index contributed by atoms with van der Waals surface area (Å²) in [7, 11) is 2.19. The van der Waals surface area contributed by atoms with Crippen molar-refractivity contribution in [1.82, 2.24) is 10.2 Å². The summed E-state index contributed by atoms with van der Waals surface area (Å²) in [5.41, 5.74) is 2.60. The van der Waals surface area contributed by atoms with E-state index in [1.165, 1.54) is 15.6 Å². The minimum absolute atomic E-state index is 0.208. The molecular formula is C16H25BrN2O. The molecule has 20 heavy (non-hydrogen) atoms. The first-order valence-electron chi connectivity index (χ1n) is 7.42. The van der Waals surface area contributed by atoms with Gasteiger partial charge in [0.2, 0.25) is 0 Å². The molecule has 1 heterocycles. The van der Waals surface area contributed by atoms with Crippen LogP contribution in [0.25, 0.3) is 0 Å². The molecule has 1 aliphatic rings. The minimum atomic E-state index is 0.208. The van der Waals surface area contributed by atoms with Crippen LogP contribution in [0.3, 0.4) is 0 Å². The zero-order chi connectivity index (χ0) is 14.5. The van der Waals surface area contributed by atoms with Gasteiger partial charge in [-0.15, -0.1) is 0 Å². The molecule has 2 rings (SSSR count). The molecule has 0 aliphatic carbocycles. The van der Waals surface area contributed by atoms with Gasteiger partial charge in [-0.05, 0) is 44.1 Å². The number of nitrogens with one attached hydrogen (secondary N) is 1. The van der Waals surface area contributed by atoms with E-state index >= 15 is 0 Å². The SMILES string of the molecule is CCCNCC1OCCN(C)C1c1ccc(C)cc1Br. The third kappa shape index (κ3) is 3.82. The highest BCUT2D eigenvalue weighted by Crippen LogP contribution is 2.33. The minimum Gasteiger partial charge on any atom is -0.374 e. The maximum atomic E-state index is 6.02. The van der Waals surface area contributed by atoms with Gasteiger partial charge in [-0.1, -0.05) is 35.0 Å². The van der Waals surface area contributed by atoms with Crippen molar-refractivity contribution in [2.45, 2.75) is 32.4 Å². The Morgan fingerprint density at radius 2 is 2.25 bits per heavy atom. The van der Waals surface area contributed by atoms with E-state index in [-0.39, 0.29) is 6.10 Å². The van der Waals surface area contributed by atoms with E-state index in [0.29, 0.717) is 6.04 Å². The molecule has 1 fully saturated rings. The molecule has 1 saturated heterocycles. The molecule has 2 atom stereocenters. The van der Waals surface area contributed by atoms with Crippen molar-refractivity contribution in [1.29, 1.82) is 0 Å². The Morgan fingerprint density at radius 3 is 2.95 bits per heavy atom. The first-order valence-corrected chi connectivity index (χ1v) is 8.21. The monoisotopic (exact) mass is 340 g/mol. The van der Waals surface area contributed by atoms with Crippen LogP contribution in [0.15, 0.2) is 22.7 Å². The van der Waals surface area contributed by atoms with Gasteiger partial charge < -0.3 is 10.1 Å². The summed E-state index contributed by atoms with van der Waals surface area (Å²) in [6.07, 6.45) is 1.36. The van der Waals surface area contributed by atoms with E-state index in [4.69, 9.17) is 4.74 Å². The number of halogens is 1. The highest BCUT2D eigenvalue weighted by Gasteiger charge is 2.32. The van der Waals surface area contributed by atoms with Crippen LogP contribution in [-0.2, 0) is 4.74 Å². The van der Waals surface area contributed by atoms with Gasteiger partial charge in [0.05, 0.1) is 18.8 Å². The van der Waals surface area contributed by atoms with Crippen LogP contribution in [0.4, 0.5) is 0 Å². The zero-order valence-electron chi connectivity index (χ0n) is 12.7. The van der Waals surface area contributed by atoms with Gasteiger partial charge in [0.15, 0.2) is 0 Å². The van der Waals surface area contributed by atoms with Crippen LogP contribution < -0.4 is 5.32 Å². The number of aryl methyl sites for hydroxylation is 1. The van der Waals surface area contributed by atoms with Crippen LogP contribution in [0.5, 0.6) is 0 Å². The lowest BCUT2D eigenvalue weighted by atomic mass is 9.97. The first kappa shape index (κ1) is 16.0. The van der Waals surface area contributed by atoms with E-state index in [9.17, 15) is 0 Å². The van der Waals surface area contributed by atoms with Gasteiger partial charge in [-0.25, -0.2) is 0 Å². The summed E-state index contributed by atoms with van der Waals surface area (Å²) in [5, 5.41) is 3.49. The Kier molecular flexibility index (Phi) is 6.02. The van der Waals surface area contributed by atoms with Crippen LogP contribution in [0, 0.1) is 6.92 Å². The predicted molar refractivity (Wildman–Crippen MR) is 87.2 cm³/mol. The topological polar surface area (TPSA) is 24.5 Å². The van der Waals surface area contributed by atoms with Crippen molar-refractivity contribution in [3.05, 3.63) is 33.8 Å². The van der Waals surface area contributed by atoms with Crippen molar-refractivity contribution in [2.24, 2.45) is 0 Å². The number of nitrogens with zero attached hydrogens (tertiary/aromatic N) is 1. The molecule has 112 valence electrons. The maximum absolute atomic E-state index is 6.02. The molecule has 1 N–H and O–H groups in total. The summed E-state index contributed by atoms with van der Waals surface area (Å²) in [5.74, 6) is 0. The molecule has 1 aromatic rings. The van der Waals surface area contributed by atoms with E-state index in [0.717, 1.165) is 32.7 Å². The van der Waals surface area contributed by atoms with Gasteiger partial charge in [0.1, 0.15) is 0 Å². The summed E-state index contributed by atoms with van der Waals surface area (Å²) >= 11 is 3.72. The summed E-state index contributed by atoms with van der Waals surface area (Å²) in [4.78, 5) is 2.40. The van der Waals surface area contributed by atoms with Crippen LogP contribution in [-0.4, -0.2) is 44.3 Å². The van der Waals surface area contributed by atoms with Crippen LogP contribution in [0.2, 0.25) is 0 Å². The Hall–Kier alpha value is -0.420. The van der Waals surface area contributed by atoms with E-state index < -0.39 is 0 Å². The highest BCUT2D eigenvalue weighted by molar-refractivity contribution is 9.10. The molecule has 1 aliphatic heterocycles. The van der Waals surface area contributed by atoms with Crippen molar-refractivity contribution in [3.63, 3.8) is 0 Å². The fourth-order valence-electron chi connectivity index (χ4n) is 2.76. The van der Waals surface area contributed by atoms with E-state index in [2.05, 4.69) is 65.2 Å². The second-order valence-corrected chi connectivity index (χ2v) is 6.42. The number of rotatable bonds is 5. The molecule has 0 bridgehead atoms. The number of morpholine rings is 1. The lowest BCUT2D eigenvalue weighted by molar-refractivity contribution is -0.0615. The lowest BCUT2D eigenvalue weighted by Gasteiger charge is -2.40. The van der Waals surface area contributed by atoms with Crippen molar-refractivity contribution in [2.75, 3.05) is 33.3 Å². The van der Waals surface area contributed by atoms with Crippen molar-refractivity contribution < 1.29 is 4.74 Å². The number of hydrogen-bond acceptors (Lipinski definition) is 3. The molecule has 2 unspecified atom stereocenters. The first-order chi connectivity index (χ1) is 9.63. The predicted octanol–water partition coefficient (Wildman–Crippen LogP) is 3.13. The number of hydrogen-bond donors (Lipinski definition) is 1. The van der Waals surface area contributed by atoms with Gasteiger partial charge in [0.25, 0.3) is 0 Å². The normalized spacial score (nSPS) is 24.0. The Labute approximate surface area is 130 Å². The number of benzene rings is 1. The van der Waals surface area contributed by atoms with Crippen LogP contribution in [0.1, 0.15) is 30.5 Å². The molecule has 0 radical (unpaired) electrons. The van der Waals surface area contributed by atoms with Crippen LogP contribution >= 0.6 is 15.9 Å². The summed E-state index contributed by atoms with van der Waals surface area (Å²) in [6.45, 7) is 8.06. The number of ether oxygens (including phenoxy) is 1. The molecule has 3 nitrogen and oxygen atoms in total. The molecule has 4 heteroatoms. The van der Waals surface area contributed by atoms with Gasteiger partial charge in [-0.3, -0.25) is 4.90 Å². The quantitative estimate of drug-likeness (QED) is 0.833. The average Bonchev–Trinajstić information content (AvgIpc) is 2.41. The van der Waals surface area contributed by atoms with Gasteiger partial charge in [-0.2, -0.15) is 0 Å². The maximum Gasteiger partial charge on any atom is 0.0896 e. The lowest BCUT2D eigenvalue weighted by Crippen LogP contribution is -2.47. The Bertz CT molecular complexity index is 438. The fraction of sp³-hybridized carbons (Fsp3) is 0.625. The third-order valence-corrected chi connectivity index (χ3v) is 4.54. The Morgan fingerprint density at radius 1 is 1.45 bits per heavy atom. The second-order valence-electron chi connectivity index (χ2n) is 5.56. The smallest absolute Gasteiger partial charge is 0.0896 e. The highest BCUT2D eigenvalue weighted by atomic mass is 79.9. The molecule has 0 amide bonds. The molecule has 0 saturated carbocycles. The molecule has 0 aromatic heterocycles. The van der Waals surface area contributed by atoms with Crippen molar-refractivity contribution >= 4 is 15.9 Å². The third-order valence-electron chi connectivity index (χ3n) is 3.85. The van der Waals surface area contributed by atoms with Crippen molar-refractivity contribution in [3.8, 4) is 0 Å². The zero-order valence-corrected chi connectivity index (χ0v) is 14.2. The molecule has 0 spiro atoms. The molecule has 1 aromatic carbocycles. The fourth-order valence-corrected chi connectivity index (χ4v) is 3.49. The average molecular weight is 341 g/mol. The number of likely N-dealkylation sites (N-methyl/N-ethyl adjacent to an activating group) is 1. The molecular weight excluding hydrogens is 316 g/mol. The van der Waals surface area contributed by atoms with E-state index in [1.807, 2.05) is 0 Å². The van der Waals surface area contributed by atoms with Gasteiger partial charge in [0, 0.05) is 17.6 Å². The summed E-state index contributed by atoms with van der Waals surface area (Å²) < 4.78 is 7.20. The largest absolute Gasteiger partial charge is 0.374 e. The summed E-state index contributed by atoms with van der Waals surface area (Å²) in [6, 6.07) is 6.90.